The maximum atomic E-state index is 13.5. The highest BCUT2D eigenvalue weighted by Crippen LogP contribution is 2.41. The van der Waals surface area contributed by atoms with Gasteiger partial charge in [-0.25, -0.2) is 4.79 Å². The second-order valence-corrected chi connectivity index (χ2v) is 8.05. The fraction of sp³-hybridized carbons (Fsp3) is 0.318. The number of hydrogen-bond acceptors (Lipinski definition) is 4. The van der Waals surface area contributed by atoms with E-state index in [1.807, 2.05) is 12.1 Å². The monoisotopic (exact) mass is 446 g/mol. The highest BCUT2D eigenvalue weighted by atomic mass is 19.4. The normalized spacial score (nSPS) is 19.8. The molecule has 0 aromatic heterocycles. The number of alkyl halides is 3. The average molecular weight is 446 g/mol. The summed E-state index contributed by atoms with van der Waals surface area (Å²) < 4.78 is 40.5. The molecule has 0 saturated carbocycles. The minimum Gasteiger partial charge on any atom is -0.378 e. The number of carbonyl (C=O) groups excluding carboxylic acids is 3. The van der Waals surface area contributed by atoms with Crippen molar-refractivity contribution in [2.75, 3.05) is 30.9 Å². The zero-order valence-electron chi connectivity index (χ0n) is 17.4. The van der Waals surface area contributed by atoms with E-state index in [2.05, 4.69) is 10.6 Å². The summed E-state index contributed by atoms with van der Waals surface area (Å²) >= 11 is 0. The number of hydrogen-bond donors (Lipinski definition) is 2. The molecule has 1 atom stereocenters. The van der Waals surface area contributed by atoms with Gasteiger partial charge in [0.25, 0.3) is 5.91 Å². The third kappa shape index (κ3) is 3.55. The van der Waals surface area contributed by atoms with Crippen LogP contribution in [0, 0.1) is 0 Å². The smallest absolute Gasteiger partial charge is 0.378 e. The molecule has 2 N–H and O–H groups in total. The van der Waals surface area contributed by atoms with Gasteiger partial charge in [-0.15, -0.1) is 0 Å². The Morgan fingerprint density at radius 1 is 1.19 bits per heavy atom. The molecule has 4 rings (SSSR count). The lowest BCUT2D eigenvalue weighted by atomic mass is 9.92. The van der Waals surface area contributed by atoms with Crippen LogP contribution in [0.25, 0.3) is 0 Å². The van der Waals surface area contributed by atoms with Crippen molar-refractivity contribution in [3.63, 3.8) is 0 Å². The summed E-state index contributed by atoms with van der Waals surface area (Å²) in [6.07, 6.45) is -3.75. The lowest BCUT2D eigenvalue weighted by Crippen LogP contribution is -2.43. The molecule has 0 radical (unpaired) electrons. The lowest BCUT2D eigenvalue weighted by molar-refractivity contribution is -0.137. The zero-order valence-corrected chi connectivity index (χ0v) is 17.4. The summed E-state index contributed by atoms with van der Waals surface area (Å²) in [5.41, 5.74) is -0.774. The van der Waals surface area contributed by atoms with Crippen LogP contribution in [0.2, 0.25) is 0 Å². The topological polar surface area (TPSA) is 81.8 Å². The molecule has 2 aromatic rings. The van der Waals surface area contributed by atoms with Crippen LogP contribution in [0.1, 0.15) is 23.1 Å². The van der Waals surface area contributed by atoms with E-state index in [1.54, 1.807) is 26.2 Å². The fourth-order valence-corrected chi connectivity index (χ4v) is 4.22. The summed E-state index contributed by atoms with van der Waals surface area (Å²) in [4.78, 5) is 40.4. The maximum absolute atomic E-state index is 13.5. The molecule has 1 fully saturated rings. The van der Waals surface area contributed by atoms with Crippen molar-refractivity contribution in [2.45, 2.75) is 24.6 Å². The maximum Gasteiger partial charge on any atom is 0.418 e. The van der Waals surface area contributed by atoms with Gasteiger partial charge in [-0.1, -0.05) is 24.3 Å². The van der Waals surface area contributed by atoms with E-state index < -0.39 is 47.4 Å². The van der Waals surface area contributed by atoms with Crippen molar-refractivity contribution in [1.82, 2.24) is 10.2 Å². The molecule has 0 bridgehead atoms. The van der Waals surface area contributed by atoms with Crippen LogP contribution < -0.4 is 15.5 Å². The van der Waals surface area contributed by atoms with E-state index >= 15 is 0 Å². The first-order valence-corrected chi connectivity index (χ1v) is 9.94. The van der Waals surface area contributed by atoms with Crippen molar-refractivity contribution in [3.05, 3.63) is 59.2 Å². The molecule has 32 heavy (non-hydrogen) atoms. The van der Waals surface area contributed by atoms with Gasteiger partial charge in [0, 0.05) is 19.8 Å². The molecule has 2 aromatic carbocycles. The number of nitrogens with one attached hydrogen (secondary N) is 2. The molecule has 1 heterocycles. The molecular formula is C22H21F3N4O3. The number of amides is 4. The number of urea groups is 1. The highest BCUT2D eigenvalue weighted by molar-refractivity contribution is 6.11. The molecule has 1 unspecified atom stereocenters. The predicted molar refractivity (Wildman–Crippen MR) is 111 cm³/mol. The molecule has 10 heteroatoms. The predicted octanol–water partition coefficient (Wildman–Crippen LogP) is 3.10. The second kappa shape index (κ2) is 7.54. The Morgan fingerprint density at radius 2 is 1.91 bits per heavy atom. The van der Waals surface area contributed by atoms with Gasteiger partial charge < -0.3 is 15.5 Å². The number of aryl methyl sites for hydroxylation is 1. The van der Waals surface area contributed by atoms with Crippen molar-refractivity contribution in [2.24, 2.45) is 0 Å². The Labute approximate surface area is 182 Å². The van der Waals surface area contributed by atoms with Gasteiger partial charge >= 0.3 is 12.2 Å². The van der Waals surface area contributed by atoms with Crippen molar-refractivity contribution >= 4 is 29.2 Å². The van der Waals surface area contributed by atoms with E-state index in [0.717, 1.165) is 22.6 Å². The Bertz CT molecular complexity index is 1120. The Morgan fingerprint density at radius 3 is 2.59 bits per heavy atom. The molecule has 1 aliphatic heterocycles. The third-order valence-corrected chi connectivity index (χ3v) is 5.82. The minimum absolute atomic E-state index is 0.311. The number of benzene rings is 2. The Balaban J connectivity index is 1.55. The molecule has 1 spiro atoms. The van der Waals surface area contributed by atoms with Crippen LogP contribution in [0.5, 0.6) is 0 Å². The number of nitrogens with zero attached hydrogens (tertiary/aromatic N) is 2. The van der Waals surface area contributed by atoms with Crippen LogP contribution in [0.15, 0.2) is 42.5 Å². The molecule has 1 saturated heterocycles. The van der Waals surface area contributed by atoms with Gasteiger partial charge in [-0.3, -0.25) is 14.5 Å². The second-order valence-electron chi connectivity index (χ2n) is 8.05. The van der Waals surface area contributed by atoms with E-state index in [1.165, 1.54) is 11.0 Å². The standard InChI is InChI=1S/C22H21F3N4O3/c1-28(2)14-7-8-17(16(11-14)22(23,24)25)26-18(30)12-29-19(31)21(27-20(29)32)10-9-13-5-3-4-6-15(13)21/h3-8,11H,9-10,12H2,1-2H3,(H,26,30)(H,27,32). The van der Waals surface area contributed by atoms with Gasteiger partial charge in [0.2, 0.25) is 5.91 Å². The molecule has 2 aliphatic rings. The summed E-state index contributed by atoms with van der Waals surface area (Å²) in [6.45, 7) is -0.693. The molecule has 7 nitrogen and oxygen atoms in total. The number of carbonyl (C=O) groups is 3. The summed E-state index contributed by atoms with van der Waals surface area (Å²) in [5, 5.41) is 4.88. The summed E-state index contributed by atoms with van der Waals surface area (Å²) in [7, 11) is 3.20. The Hall–Kier alpha value is -3.56. The van der Waals surface area contributed by atoms with Crippen LogP contribution in [0.4, 0.5) is 29.3 Å². The minimum atomic E-state index is -4.70. The molecular weight excluding hydrogens is 425 g/mol. The van der Waals surface area contributed by atoms with Crippen LogP contribution in [0.3, 0.4) is 0 Å². The van der Waals surface area contributed by atoms with E-state index in [9.17, 15) is 27.6 Å². The van der Waals surface area contributed by atoms with Gasteiger partial charge in [0.15, 0.2) is 0 Å². The van der Waals surface area contributed by atoms with Gasteiger partial charge in [-0.2, -0.15) is 13.2 Å². The molecule has 168 valence electrons. The quantitative estimate of drug-likeness (QED) is 0.708. The van der Waals surface area contributed by atoms with Crippen molar-refractivity contribution in [3.8, 4) is 0 Å². The van der Waals surface area contributed by atoms with Crippen LogP contribution in [-0.4, -0.2) is 43.4 Å². The van der Waals surface area contributed by atoms with Crippen molar-refractivity contribution in [1.29, 1.82) is 0 Å². The molecule has 4 amide bonds. The van der Waals surface area contributed by atoms with Crippen LogP contribution >= 0.6 is 0 Å². The van der Waals surface area contributed by atoms with E-state index in [4.69, 9.17) is 0 Å². The van der Waals surface area contributed by atoms with Gasteiger partial charge in [-0.05, 0) is 42.2 Å². The lowest BCUT2D eigenvalue weighted by Gasteiger charge is -2.22. The largest absolute Gasteiger partial charge is 0.418 e. The molecule has 1 aliphatic carbocycles. The number of rotatable bonds is 4. The zero-order chi connectivity index (χ0) is 23.3. The Kier molecular flexibility index (Phi) is 5.10. The third-order valence-electron chi connectivity index (χ3n) is 5.82. The fourth-order valence-electron chi connectivity index (χ4n) is 4.22. The van der Waals surface area contributed by atoms with Crippen molar-refractivity contribution < 1.29 is 27.6 Å². The first kappa shape index (κ1) is 21.7. The number of halogens is 3. The van der Waals surface area contributed by atoms with Gasteiger partial charge in [0.05, 0.1) is 11.3 Å². The highest BCUT2D eigenvalue weighted by Gasteiger charge is 2.55. The number of imide groups is 1. The first-order valence-electron chi connectivity index (χ1n) is 9.94. The van der Waals surface area contributed by atoms with E-state index in [-0.39, 0.29) is 0 Å². The SMILES string of the molecule is CN(C)c1ccc(NC(=O)CN2C(=O)NC3(CCc4ccccc43)C2=O)c(C(F)(F)F)c1. The van der Waals surface area contributed by atoms with Gasteiger partial charge in [0.1, 0.15) is 12.1 Å². The summed E-state index contributed by atoms with van der Waals surface area (Å²) in [6, 6.07) is 9.98. The first-order chi connectivity index (χ1) is 15.0. The average Bonchev–Trinajstić information content (AvgIpc) is 3.21. The van der Waals surface area contributed by atoms with E-state index in [0.29, 0.717) is 24.1 Å². The number of fused-ring (bicyclic) bond motifs is 2. The van der Waals surface area contributed by atoms with Crippen LogP contribution in [-0.2, 0) is 27.7 Å². The number of anilines is 2. The summed E-state index contributed by atoms with van der Waals surface area (Å²) in [5.74, 6) is -1.48.